The molecule has 1 atom stereocenters. The highest BCUT2D eigenvalue weighted by atomic mass is 16.5. The molecule has 1 aromatic rings. The van der Waals surface area contributed by atoms with E-state index in [1.807, 2.05) is 31.2 Å². The largest absolute Gasteiger partial charge is 0.462 e. The minimum atomic E-state index is -0.242. The summed E-state index contributed by atoms with van der Waals surface area (Å²) in [6.07, 6.45) is 2.01. The first-order chi connectivity index (χ1) is 9.19. The van der Waals surface area contributed by atoms with Crippen molar-refractivity contribution in [3.8, 4) is 0 Å². The van der Waals surface area contributed by atoms with Crippen LogP contribution in [0.5, 0.6) is 0 Å². The smallest absolute Gasteiger partial charge is 0.338 e. The van der Waals surface area contributed by atoms with Gasteiger partial charge in [0.15, 0.2) is 0 Å². The zero-order chi connectivity index (χ0) is 13.7. The number of likely N-dealkylation sites (tertiary alicyclic amines) is 1. The molecule has 0 bridgehead atoms. The van der Waals surface area contributed by atoms with Gasteiger partial charge in [-0.25, -0.2) is 4.79 Å². The molecule has 4 nitrogen and oxygen atoms in total. The van der Waals surface area contributed by atoms with Gasteiger partial charge in [0, 0.05) is 18.3 Å². The number of hydrogen-bond acceptors (Lipinski definition) is 4. The molecule has 1 aromatic carbocycles. The molecule has 1 N–H and O–H groups in total. The maximum atomic E-state index is 11.7. The van der Waals surface area contributed by atoms with E-state index in [-0.39, 0.29) is 5.97 Å². The number of hydrogen-bond donors (Lipinski definition) is 1. The van der Waals surface area contributed by atoms with E-state index >= 15 is 0 Å². The van der Waals surface area contributed by atoms with Crippen LogP contribution in [0.4, 0.5) is 5.69 Å². The molecule has 104 valence electrons. The second kappa shape index (κ2) is 6.57. The van der Waals surface area contributed by atoms with Gasteiger partial charge in [0.05, 0.1) is 12.2 Å². The summed E-state index contributed by atoms with van der Waals surface area (Å²) in [5.74, 6) is -0.242. The highest BCUT2D eigenvalue weighted by molar-refractivity contribution is 5.89. The van der Waals surface area contributed by atoms with Crippen molar-refractivity contribution in [1.82, 2.24) is 4.90 Å². The minimum Gasteiger partial charge on any atom is -0.462 e. The molecular formula is C15H22N2O2. The third-order valence-corrected chi connectivity index (χ3v) is 3.32. The van der Waals surface area contributed by atoms with Crippen LogP contribution >= 0.6 is 0 Å². The average Bonchev–Trinajstić information content (AvgIpc) is 2.82. The second-order valence-electron chi connectivity index (χ2n) is 5.11. The predicted molar refractivity (Wildman–Crippen MR) is 76.5 cm³/mol. The summed E-state index contributed by atoms with van der Waals surface area (Å²) >= 11 is 0. The first kappa shape index (κ1) is 13.9. The Morgan fingerprint density at radius 2 is 2.16 bits per heavy atom. The van der Waals surface area contributed by atoms with E-state index in [2.05, 4.69) is 17.3 Å². The number of carbonyl (C=O) groups is 1. The Morgan fingerprint density at radius 1 is 1.42 bits per heavy atom. The topological polar surface area (TPSA) is 41.6 Å². The summed E-state index contributed by atoms with van der Waals surface area (Å²) < 4.78 is 5.10. The highest BCUT2D eigenvalue weighted by Gasteiger charge is 2.18. The molecule has 0 spiro atoms. The number of ether oxygens (including phenoxy) is 1. The van der Waals surface area contributed by atoms with Gasteiger partial charge >= 0.3 is 5.97 Å². The molecule has 0 saturated carbocycles. The molecule has 1 unspecified atom stereocenters. The molecule has 0 amide bonds. The Bertz CT molecular complexity index is 417. The lowest BCUT2D eigenvalue weighted by Crippen LogP contribution is -2.23. The van der Waals surface area contributed by atoms with Gasteiger partial charge in [0.25, 0.3) is 0 Å². The molecule has 1 aliphatic rings. The molecule has 4 heteroatoms. The lowest BCUT2D eigenvalue weighted by molar-refractivity contribution is 0.0505. The molecule has 1 fully saturated rings. The van der Waals surface area contributed by atoms with Crippen LogP contribution in [-0.4, -0.2) is 43.7 Å². The van der Waals surface area contributed by atoms with Crippen LogP contribution in [0.25, 0.3) is 0 Å². The van der Waals surface area contributed by atoms with Gasteiger partial charge in [-0.15, -0.1) is 0 Å². The Morgan fingerprint density at radius 3 is 2.74 bits per heavy atom. The Kier molecular flexibility index (Phi) is 4.80. The summed E-state index contributed by atoms with van der Waals surface area (Å²) in [6, 6.07) is 8.03. The summed E-state index contributed by atoms with van der Waals surface area (Å²) in [5, 5.41) is 3.49. The van der Waals surface area contributed by atoms with E-state index in [9.17, 15) is 4.79 Å². The SMILES string of the molecule is CCCOC(=O)c1ccc(NC2CCN(C)C2)cc1. The van der Waals surface area contributed by atoms with Crippen LogP contribution in [0.15, 0.2) is 24.3 Å². The number of carbonyl (C=O) groups excluding carboxylic acids is 1. The van der Waals surface area contributed by atoms with Gasteiger partial charge in [-0.2, -0.15) is 0 Å². The number of nitrogens with zero attached hydrogens (tertiary/aromatic N) is 1. The van der Waals surface area contributed by atoms with E-state index in [1.165, 1.54) is 0 Å². The second-order valence-corrected chi connectivity index (χ2v) is 5.11. The number of benzene rings is 1. The zero-order valence-electron chi connectivity index (χ0n) is 11.7. The predicted octanol–water partition coefficient (Wildman–Crippen LogP) is 2.37. The molecule has 2 rings (SSSR count). The van der Waals surface area contributed by atoms with Crippen LogP contribution in [0.1, 0.15) is 30.1 Å². The van der Waals surface area contributed by atoms with Crippen molar-refractivity contribution in [1.29, 1.82) is 0 Å². The third kappa shape index (κ3) is 3.96. The van der Waals surface area contributed by atoms with E-state index in [0.29, 0.717) is 18.2 Å². The number of esters is 1. The zero-order valence-corrected chi connectivity index (χ0v) is 11.7. The van der Waals surface area contributed by atoms with E-state index in [1.54, 1.807) is 0 Å². The molecule has 0 aromatic heterocycles. The molecule has 0 radical (unpaired) electrons. The van der Waals surface area contributed by atoms with E-state index < -0.39 is 0 Å². The minimum absolute atomic E-state index is 0.242. The lowest BCUT2D eigenvalue weighted by atomic mass is 10.2. The van der Waals surface area contributed by atoms with Crippen LogP contribution in [0.3, 0.4) is 0 Å². The van der Waals surface area contributed by atoms with Crippen molar-refractivity contribution < 1.29 is 9.53 Å². The maximum absolute atomic E-state index is 11.7. The van der Waals surface area contributed by atoms with Crippen molar-refractivity contribution in [2.24, 2.45) is 0 Å². The monoisotopic (exact) mass is 262 g/mol. The number of nitrogens with one attached hydrogen (secondary N) is 1. The fourth-order valence-electron chi connectivity index (χ4n) is 2.27. The lowest BCUT2D eigenvalue weighted by Gasteiger charge is -2.14. The van der Waals surface area contributed by atoms with Gasteiger partial charge < -0.3 is 15.0 Å². The standard InChI is InChI=1S/C15H22N2O2/c1-3-10-19-15(18)12-4-6-13(7-5-12)16-14-8-9-17(2)11-14/h4-7,14,16H,3,8-11H2,1-2H3. The van der Waals surface area contributed by atoms with Crippen molar-refractivity contribution in [2.75, 3.05) is 32.1 Å². The molecule has 19 heavy (non-hydrogen) atoms. The van der Waals surface area contributed by atoms with E-state index in [4.69, 9.17) is 4.74 Å². The molecule has 1 aliphatic heterocycles. The molecule has 1 saturated heterocycles. The van der Waals surface area contributed by atoms with Crippen LogP contribution in [0, 0.1) is 0 Å². The number of likely N-dealkylation sites (N-methyl/N-ethyl adjacent to an activating group) is 1. The summed E-state index contributed by atoms with van der Waals surface area (Å²) in [4.78, 5) is 14.0. The Hall–Kier alpha value is -1.55. The maximum Gasteiger partial charge on any atom is 0.338 e. The Labute approximate surface area is 114 Å². The quantitative estimate of drug-likeness (QED) is 0.827. The first-order valence-corrected chi connectivity index (χ1v) is 6.91. The van der Waals surface area contributed by atoms with Crippen molar-refractivity contribution in [3.63, 3.8) is 0 Å². The summed E-state index contributed by atoms with van der Waals surface area (Å²) in [5.41, 5.74) is 1.68. The Balaban J connectivity index is 1.89. The number of anilines is 1. The fourth-order valence-corrected chi connectivity index (χ4v) is 2.27. The first-order valence-electron chi connectivity index (χ1n) is 6.91. The van der Waals surface area contributed by atoms with Crippen molar-refractivity contribution in [3.05, 3.63) is 29.8 Å². The molecule has 1 heterocycles. The molecular weight excluding hydrogens is 240 g/mol. The van der Waals surface area contributed by atoms with E-state index in [0.717, 1.165) is 31.6 Å². The highest BCUT2D eigenvalue weighted by Crippen LogP contribution is 2.16. The van der Waals surface area contributed by atoms with Gasteiger partial charge in [0.2, 0.25) is 0 Å². The van der Waals surface area contributed by atoms with Crippen molar-refractivity contribution >= 4 is 11.7 Å². The van der Waals surface area contributed by atoms with Crippen LogP contribution in [0.2, 0.25) is 0 Å². The number of rotatable bonds is 5. The van der Waals surface area contributed by atoms with Gasteiger partial charge in [-0.1, -0.05) is 6.92 Å². The normalized spacial score (nSPS) is 19.4. The van der Waals surface area contributed by atoms with Crippen molar-refractivity contribution in [2.45, 2.75) is 25.8 Å². The average molecular weight is 262 g/mol. The van der Waals surface area contributed by atoms with Crippen LogP contribution in [-0.2, 0) is 4.74 Å². The van der Waals surface area contributed by atoms with Gasteiger partial charge in [0.1, 0.15) is 0 Å². The van der Waals surface area contributed by atoms with Gasteiger partial charge in [-0.3, -0.25) is 0 Å². The molecule has 0 aliphatic carbocycles. The third-order valence-electron chi connectivity index (χ3n) is 3.32. The van der Waals surface area contributed by atoms with Crippen LogP contribution < -0.4 is 5.32 Å². The van der Waals surface area contributed by atoms with Gasteiger partial charge in [-0.05, 0) is 50.7 Å². The fraction of sp³-hybridized carbons (Fsp3) is 0.533. The summed E-state index contributed by atoms with van der Waals surface area (Å²) in [6.45, 7) is 4.67. The summed E-state index contributed by atoms with van der Waals surface area (Å²) in [7, 11) is 2.13.